The molecule has 3 rings (SSSR count). The first-order valence-corrected chi connectivity index (χ1v) is 8.58. The Bertz CT molecular complexity index is 1120. The van der Waals surface area contributed by atoms with Crippen LogP contribution in [0.1, 0.15) is 31.9 Å². The van der Waals surface area contributed by atoms with Crippen LogP contribution in [0.3, 0.4) is 0 Å². The third kappa shape index (κ3) is 3.78. The quantitative estimate of drug-likeness (QED) is 0.633. The molecule has 0 saturated heterocycles. The van der Waals surface area contributed by atoms with E-state index in [9.17, 15) is 23.1 Å². The van der Waals surface area contributed by atoms with Gasteiger partial charge in [0.05, 0.1) is 22.4 Å². The number of aromatic hydroxyl groups is 1. The van der Waals surface area contributed by atoms with E-state index in [1.54, 1.807) is 24.3 Å². The Morgan fingerprint density at radius 3 is 2.25 bits per heavy atom. The Balaban J connectivity index is 2.36. The van der Waals surface area contributed by atoms with Crippen LogP contribution in [0.15, 0.2) is 58.3 Å². The van der Waals surface area contributed by atoms with E-state index in [0.29, 0.717) is 5.39 Å². The highest BCUT2D eigenvalue weighted by atomic mass is 19.4. The predicted molar refractivity (Wildman–Crippen MR) is 104 cm³/mol. The van der Waals surface area contributed by atoms with Crippen molar-refractivity contribution in [2.45, 2.75) is 32.5 Å². The number of aliphatic imine (C=N–C) groups is 1. The van der Waals surface area contributed by atoms with Gasteiger partial charge in [0.2, 0.25) is 5.88 Å². The molecule has 1 N–H and O–H groups in total. The minimum atomic E-state index is -4.57. The van der Waals surface area contributed by atoms with Gasteiger partial charge in [0.15, 0.2) is 0 Å². The van der Waals surface area contributed by atoms with Crippen molar-refractivity contribution in [3.05, 3.63) is 70.0 Å². The minimum absolute atomic E-state index is 0.0755. The van der Waals surface area contributed by atoms with Gasteiger partial charge in [-0.15, -0.1) is 0 Å². The zero-order valence-electron chi connectivity index (χ0n) is 15.6. The molecule has 28 heavy (non-hydrogen) atoms. The zero-order valence-corrected chi connectivity index (χ0v) is 15.6. The third-order valence-electron chi connectivity index (χ3n) is 4.12. The van der Waals surface area contributed by atoms with Crippen molar-refractivity contribution in [1.29, 1.82) is 0 Å². The lowest BCUT2D eigenvalue weighted by molar-refractivity contribution is -0.137. The number of alkyl halides is 3. The lowest BCUT2D eigenvalue weighted by Crippen LogP contribution is -2.21. The van der Waals surface area contributed by atoms with Gasteiger partial charge in [-0.2, -0.15) is 13.2 Å². The first-order chi connectivity index (χ1) is 13.0. The van der Waals surface area contributed by atoms with Crippen LogP contribution in [-0.4, -0.2) is 21.4 Å². The number of pyridine rings is 1. The second-order valence-corrected chi connectivity index (χ2v) is 7.40. The van der Waals surface area contributed by atoms with E-state index in [1.165, 1.54) is 18.3 Å². The molecule has 1 aromatic heterocycles. The van der Waals surface area contributed by atoms with Crippen molar-refractivity contribution in [3.63, 3.8) is 0 Å². The lowest BCUT2D eigenvalue weighted by atomic mass is 10.1. The van der Waals surface area contributed by atoms with Gasteiger partial charge in [0.25, 0.3) is 5.56 Å². The summed E-state index contributed by atoms with van der Waals surface area (Å²) in [7, 11) is 0. The molecule has 0 fully saturated rings. The van der Waals surface area contributed by atoms with Crippen molar-refractivity contribution in [2.75, 3.05) is 0 Å². The fourth-order valence-corrected chi connectivity index (χ4v) is 2.81. The number of benzene rings is 2. The van der Waals surface area contributed by atoms with Gasteiger partial charge in [-0.1, -0.05) is 24.3 Å². The van der Waals surface area contributed by atoms with E-state index in [0.717, 1.165) is 16.7 Å². The van der Waals surface area contributed by atoms with Crippen LogP contribution in [0.4, 0.5) is 13.2 Å². The van der Waals surface area contributed by atoms with Crippen molar-refractivity contribution in [3.8, 4) is 11.6 Å². The summed E-state index contributed by atoms with van der Waals surface area (Å²) in [5, 5.41) is 11.5. The first kappa shape index (κ1) is 19.7. The summed E-state index contributed by atoms with van der Waals surface area (Å²) in [4.78, 5) is 17.3. The molecule has 0 bridgehead atoms. The van der Waals surface area contributed by atoms with Crippen molar-refractivity contribution in [2.24, 2.45) is 4.99 Å². The van der Waals surface area contributed by atoms with E-state index in [-0.39, 0.29) is 16.6 Å². The molecule has 0 aliphatic carbocycles. The summed E-state index contributed by atoms with van der Waals surface area (Å²) >= 11 is 0. The third-order valence-corrected chi connectivity index (χ3v) is 4.12. The second-order valence-electron chi connectivity index (χ2n) is 7.40. The Labute approximate surface area is 159 Å². The highest BCUT2D eigenvalue weighted by Crippen LogP contribution is 2.32. The number of nitrogens with zero attached hydrogens (tertiary/aromatic N) is 2. The molecule has 0 aliphatic heterocycles. The minimum Gasteiger partial charge on any atom is -0.494 e. The van der Waals surface area contributed by atoms with E-state index in [1.807, 2.05) is 20.8 Å². The van der Waals surface area contributed by atoms with Gasteiger partial charge in [-0.05, 0) is 45.0 Å². The van der Waals surface area contributed by atoms with Gasteiger partial charge >= 0.3 is 6.18 Å². The molecule has 0 atom stereocenters. The summed E-state index contributed by atoms with van der Waals surface area (Å²) in [5.74, 6) is -0.462. The fourth-order valence-electron chi connectivity index (χ4n) is 2.81. The summed E-state index contributed by atoms with van der Waals surface area (Å²) in [6, 6.07) is 10.9. The maximum absolute atomic E-state index is 13.1. The predicted octanol–water partition coefficient (Wildman–Crippen LogP) is 4.93. The second kappa shape index (κ2) is 6.82. The van der Waals surface area contributed by atoms with Gasteiger partial charge in [-0.25, -0.2) is 4.57 Å². The number of hydrogen-bond acceptors (Lipinski definition) is 3. The Hall–Kier alpha value is -3.09. The Kier molecular flexibility index (Phi) is 4.79. The number of rotatable bonds is 2. The van der Waals surface area contributed by atoms with Crippen molar-refractivity contribution >= 4 is 17.0 Å². The average molecular weight is 388 g/mol. The molecular weight excluding hydrogens is 369 g/mol. The van der Waals surface area contributed by atoms with Crippen LogP contribution >= 0.6 is 0 Å². The highest BCUT2D eigenvalue weighted by Gasteiger charge is 2.31. The molecule has 0 spiro atoms. The van der Waals surface area contributed by atoms with Crippen LogP contribution in [0.2, 0.25) is 0 Å². The molecule has 0 amide bonds. The molecule has 0 saturated carbocycles. The molecule has 7 heteroatoms. The summed E-state index contributed by atoms with van der Waals surface area (Å²) < 4.78 is 40.2. The van der Waals surface area contributed by atoms with Crippen molar-refractivity contribution in [1.82, 2.24) is 4.57 Å². The zero-order chi connectivity index (χ0) is 20.7. The Morgan fingerprint density at radius 2 is 1.64 bits per heavy atom. The maximum atomic E-state index is 13.1. The van der Waals surface area contributed by atoms with E-state index in [2.05, 4.69) is 4.99 Å². The smallest absolute Gasteiger partial charge is 0.416 e. The van der Waals surface area contributed by atoms with Gasteiger partial charge in [-0.3, -0.25) is 9.79 Å². The number of fused-ring (bicyclic) bond motifs is 1. The molecule has 2 aromatic carbocycles. The van der Waals surface area contributed by atoms with Crippen LogP contribution in [0.5, 0.6) is 5.88 Å². The molecule has 0 aliphatic rings. The Morgan fingerprint density at radius 1 is 1.00 bits per heavy atom. The van der Waals surface area contributed by atoms with Gasteiger partial charge in [0.1, 0.15) is 0 Å². The molecule has 1 heterocycles. The van der Waals surface area contributed by atoms with Crippen LogP contribution in [0, 0.1) is 0 Å². The monoisotopic (exact) mass is 388 g/mol. The molecular formula is C21H19F3N2O2. The van der Waals surface area contributed by atoms with E-state index < -0.39 is 28.7 Å². The van der Waals surface area contributed by atoms with Gasteiger partial charge in [0, 0.05) is 17.0 Å². The lowest BCUT2D eigenvalue weighted by Gasteiger charge is -2.16. The molecule has 146 valence electrons. The highest BCUT2D eigenvalue weighted by molar-refractivity contribution is 6.01. The van der Waals surface area contributed by atoms with Gasteiger partial charge < -0.3 is 5.11 Å². The number of halogens is 3. The average Bonchev–Trinajstić information content (AvgIpc) is 2.60. The fraction of sp³-hybridized carbons (Fsp3) is 0.238. The standard InChI is InChI=1S/C21H19F3N2O2/c1-20(2,3)25-12-17-15-9-4-5-10-16(15)18(27)26(19(17)28)14-8-6-7-13(11-14)21(22,23)24/h4-12,28H,1-3H3. The summed E-state index contributed by atoms with van der Waals surface area (Å²) in [6.07, 6.45) is -3.12. The first-order valence-electron chi connectivity index (χ1n) is 8.58. The molecule has 4 nitrogen and oxygen atoms in total. The molecule has 3 aromatic rings. The topological polar surface area (TPSA) is 54.6 Å². The molecule has 0 unspecified atom stereocenters. The SMILES string of the molecule is CC(C)(C)N=Cc1c(O)n(-c2cccc(C(F)(F)F)c2)c(=O)c2ccccc12. The maximum Gasteiger partial charge on any atom is 0.416 e. The largest absolute Gasteiger partial charge is 0.494 e. The van der Waals surface area contributed by atoms with Crippen LogP contribution in [0.25, 0.3) is 16.5 Å². The number of hydrogen-bond donors (Lipinski definition) is 1. The number of aromatic nitrogens is 1. The summed E-state index contributed by atoms with van der Waals surface area (Å²) in [6.45, 7) is 5.60. The van der Waals surface area contributed by atoms with Crippen LogP contribution < -0.4 is 5.56 Å². The molecule has 0 radical (unpaired) electrons. The van der Waals surface area contributed by atoms with E-state index in [4.69, 9.17) is 0 Å². The van der Waals surface area contributed by atoms with Crippen LogP contribution in [-0.2, 0) is 6.18 Å². The van der Waals surface area contributed by atoms with E-state index >= 15 is 0 Å². The van der Waals surface area contributed by atoms with Crippen molar-refractivity contribution < 1.29 is 18.3 Å². The summed E-state index contributed by atoms with van der Waals surface area (Å²) in [5.41, 5.74) is -1.77. The normalized spacial score (nSPS) is 12.8.